The van der Waals surface area contributed by atoms with E-state index in [1.54, 1.807) is 6.92 Å². The van der Waals surface area contributed by atoms with E-state index in [1.807, 2.05) is 5.32 Å². The number of benzene rings is 1. The molecule has 1 aromatic carbocycles. The van der Waals surface area contributed by atoms with E-state index in [4.69, 9.17) is 4.74 Å². The molecule has 0 fully saturated rings. The summed E-state index contributed by atoms with van der Waals surface area (Å²) in [6, 6.07) is 3.80. The van der Waals surface area contributed by atoms with Gasteiger partial charge in [0.2, 0.25) is 5.54 Å². The topological polar surface area (TPSA) is 50.4 Å². The van der Waals surface area contributed by atoms with Crippen LogP contribution in [0, 0.1) is 0 Å². The number of amides is 2. The molecule has 0 unspecified atom stereocenters. The fraction of sp³-hybridized carbons (Fsp3) is 0.500. The second-order valence-electron chi connectivity index (χ2n) is 4.79. The van der Waals surface area contributed by atoms with Crippen LogP contribution in [0.4, 0.5) is 36.8 Å². The quantitative estimate of drug-likeness (QED) is 0.763. The van der Waals surface area contributed by atoms with Gasteiger partial charge in [-0.15, -0.1) is 0 Å². The summed E-state index contributed by atoms with van der Waals surface area (Å²) in [5.41, 5.74) is -4.31. The Bertz CT molecular complexity index is 540. The number of hydrogen-bond donors (Lipinski definition) is 2. The summed E-state index contributed by atoms with van der Waals surface area (Å²) in [7, 11) is 0. The van der Waals surface area contributed by atoms with Crippen LogP contribution in [0.5, 0.6) is 5.75 Å². The first kappa shape index (κ1) is 19.9. The molecule has 0 saturated heterocycles. The van der Waals surface area contributed by atoms with Gasteiger partial charge in [0.15, 0.2) is 0 Å². The van der Waals surface area contributed by atoms with Crippen LogP contribution < -0.4 is 15.4 Å². The number of alkyl halides is 6. The Morgan fingerprint density at radius 3 is 1.88 bits per heavy atom. The van der Waals surface area contributed by atoms with Crippen molar-refractivity contribution < 1.29 is 35.9 Å². The van der Waals surface area contributed by atoms with Gasteiger partial charge in [-0.25, -0.2) is 4.79 Å². The van der Waals surface area contributed by atoms with Gasteiger partial charge in [0.25, 0.3) is 0 Å². The minimum atomic E-state index is -5.70. The molecule has 1 aromatic rings. The maximum absolute atomic E-state index is 12.9. The molecule has 0 saturated carbocycles. The molecule has 2 amide bonds. The van der Waals surface area contributed by atoms with E-state index in [0.717, 1.165) is 5.32 Å². The third-order valence-corrected chi connectivity index (χ3v) is 3.25. The molecule has 0 aromatic heterocycles. The Hall–Kier alpha value is -2.13. The van der Waals surface area contributed by atoms with Crippen LogP contribution in [0.2, 0.25) is 0 Å². The smallest absolute Gasteiger partial charge is 0.420 e. The summed E-state index contributed by atoms with van der Waals surface area (Å²) in [4.78, 5) is 11.6. The summed E-state index contributed by atoms with van der Waals surface area (Å²) in [5.74, 6) is 0.442. The highest BCUT2D eigenvalue weighted by Gasteiger charge is 2.70. The molecule has 1 rings (SSSR count). The summed E-state index contributed by atoms with van der Waals surface area (Å²) < 4.78 is 82.7. The van der Waals surface area contributed by atoms with E-state index in [1.165, 1.54) is 24.3 Å². The number of rotatable bonds is 5. The highest BCUT2D eigenvalue weighted by Crippen LogP contribution is 2.45. The van der Waals surface area contributed by atoms with Gasteiger partial charge in [-0.05, 0) is 37.6 Å². The molecule has 10 heteroatoms. The van der Waals surface area contributed by atoms with Crippen LogP contribution >= 0.6 is 0 Å². The first-order valence-electron chi connectivity index (χ1n) is 6.92. The number of carbonyl (C=O) groups excluding carboxylic acids is 1. The van der Waals surface area contributed by atoms with Crippen molar-refractivity contribution in [1.82, 2.24) is 5.32 Å². The van der Waals surface area contributed by atoms with Crippen LogP contribution in [-0.4, -0.2) is 30.5 Å². The third kappa shape index (κ3) is 4.24. The van der Waals surface area contributed by atoms with E-state index in [2.05, 4.69) is 0 Å². The lowest BCUT2D eigenvalue weighted by Gasteiger charge is -2.37. The highest BCUT2D eigenvalue weighted by atomic mass is 19.4. The minimum Gasteiger partial charge on any atom is -0.494 e. The number of halogens is 6. The van der Waals surface area contributed by atoms with Gasteiger partial charge < -0.3 is 15.4 Å². The maximum atomic E-state index is 12.9. The third-order valence-electron chi connectivity index (χ3n) is 3.25. The first-order chi connectivity index (χ1) is 11.0. The molecular weight excluding hydrogens is 342 g/mol. The molecule has 0 bridgehead atoms. The second-order valence-corrected chi connectivity index (χ2v) is 4.79. The molecule has 24 heavy (non-hydrogen) atoms. The van der Waals surface area contributed by atoms with Crippen molar-refractivity contribution in [3.63, 3.8) is 0 Å². The number of ether oxygens (including phenoxy) is 1. The zero-order chi connectivity index (χ0) is 18.6. The van der Waals surface area contributed by atoms with Crippen molar-refractivity contribution in [1.29, 1.82) is 0 Å². The number of anilines is 1. The molecule has 0 radical (unpaired) electrons. The van der Waals surface area contributed by atoms with Crippen LogP contribution in [0.15, 0.2) is 24.3 Å². The Labute approximate surface area is 134 Å². The van der Waals surface area contributed by atoms with Crippen molar-refractivity contribution in [2.75, 3.05) is 11.9 Å². The van der Waals surface area contributed by atoms with Gasteiger partial charge >= 0.3 is 18.4 Å². The van der Waals surface area contributed by atoms with Crippen molar-refractivity contribution in [2.45, 2.75) is 38.2 Å². The maximum Gasteiger partial charge on any atom is 0.420 e. The van der Waals surface area contributed by atoms with E-state index < -0.39 is 30.3 Å². The Morgan fingerprint density at radius 2 is 1.50 bits per heavy atom. The Morgan fingerprint density at radius 1 is 1.00 bits per heavy atom. The molecule has 0 atom stereocenters. The number of hydrogen-bond acceptors (Lipinski definition) is 2. The van der Waals surface area contributed by atoms with Crippen LogP contribution in [0.25, 0.3) is 0 Å². The fourth-order valence-corrected chi connectivity index (χ4v) is 1.95. The number of urea groups is 1. The number of nitrogens with one attached hydrogen (secondary N) is 2. The molecule has 0 spiro atoms. The van der Waals surface area contributed by atoms with E-state index >= 15 is 0 Å². The number of carbonyl (C=O) groups is 1. The fourth-order valence-electron chi connectivity index (χ4n) is 1.95. The van der Waals surface area contributed by atoms with E-state index in [0.29, 0.717) is 19.3 Å². The molecule has 2 N–H and O–H groups in total. The Kier molecular flexibility index (Phi) is 5.96. The predicted octanol–water partition coefficient (Wildman–Crippen LogP) is 4.48. The molecule has 0 aliphatic heterocycles. The lowest BCUT2D eigenvalue weighted by molar-refractivity contribution is -0.304. The van der Waals surface area contributed by atoms with Gasteiger partial charge in [0.1, 0.15) is 5.75 Å². The summed E-state index contributed by atoms with van der Waals surface area (Å²) >= 11 is 0. The molecule has 0 aliphatic rings. The predicted molar refractivity (Wildman–Crippen MR) is 74.9 cm³/mol. The summed E-state index contributed by atoms with van der Waals surface area (Å²) in [5, 5.41) is 2.96. The van der Waals surface area contributed by atoms with Gasteiger partial charge in [0, 0.05) is 5.69 Å². The van der Waals surface area contributed by atoms with Gasteiger partial charge in [-0.2, -0.15) is 26.3 Å². The zero-order valence-corrected chi connectivity index (χ0v) is 12.8. The monoisotopic (exact) mass is 358 g/mol. The standard InChI is InChI=1S/C14H16F6N2O2/c1-3-12(13(15,16)17,14(18,19)20)22-11(23)21-9-5-7-10(8-6-9)24-4-2/h5-8H,3-4H2,1-2H3,(H2,21,22,23). The van der Waals surface area contributed by atoms with E-state index in [9.17, 15) is 31.1 Å². The normalized spacial score (nSPS) is 12.7. The van der Waals surface area contributed by atoms with Crippen molar-refractivity contribution in [2.24, 2.45) is 0 Å². The average molecular weight is 358 g/mol. The average Bonchev–Trinajstić information content (AvgIpc) is 2.44. The van der Waals surface area contributed by atoms with Crippen LogP contribution in [0.1, 0.15) is 20.3 Å². The molecule has 136 valence electrons. The molecule has 0 heterocycles. The largest absolute Gasteiger partial charge is 0.494 e. The van der Waals surface area contributed by atoms with Gasteiger partial charge in [-0.1, -0.05) is 6.92 Å². The Balaban J connectivity index is 2.93. The van der Waals surface area contributed by atoms with E-state index in [-0.39, 0.29) is 5.69 Å². The van der Waals surface area contributed by atoms with Crippen LogP contribution in [-0.2, 0) is 0 Å². The minimum absolute atomic E-state index is 0.0188. The van der Waals surface area contributed by atoms with Gasteiger partial charge in [0.05, 0.1) is 6.61 Å². The first-order valence-corrected chi connectivity index (χ1v) is 6.92. The zero-order valence-electron chi connectivity index (χ0n) is 12.8. The lowest BCUT2D eigenvalue weighted by atomic mass is 9.94. The van der Waals surface area contributed by atoms with Crippen molar-refractivity contribution >= 4 is 11.7 Å². The van der Waals surface area contributed by atoms with Crippen LogP contribution in [0.3, 0.4) is 0 Å². The SMILES string of the molecule is CCOc1ccc(NC(=O)NC(CC)(C(F)(F)F)C(F)(F)F)cc1. The molecule has 4 nitrogen and oxygen atoms in total. The highest BCUT2D eigenvalue weighted by molar-refractivity contribution is 5.90. The second kappa shape index (κ2) is 7.18. The molecular formula is C14H16F6N2O2. The molecule has 0 aliphatic carbocycles. The van der Waals surface area contributed by atoms with Gasteiger partial charge in [-0.3, -0.25) is 0 Å². The lowest BCUT2D eigenvalue weighted by Crippen LogP contribution is -2.67. The van der Waals surface area contributed by atoms with Crippen molar-refractivity contribution in [3.05, 3.63) is 24.3 Å². The summed E-state index contributed by atoms with van der Waals surface area (Å²) in [6.45, 7) is 2.81. The summed E-state index contributed by atoms with van der Waals surface area (Å²) in [6.07, 6.45) is -12.8. The van der Waals surface area contributed by atoms with Crippen molar-refractivity contribution in [3.8, 4) is 5.75 Å².